The number of benzene rings is 3. The van der Waals surface area contributed by atoms with Crippen molar-refractivity contribution in [1.82, 2.24) is 0 Å². The van der Waals surface area contributed by atoms with Gasteiger partial charge in [-0.2, -0.15) is 0 Å². The fourth-order valence-electron chi connectivity index (χ4n) is 3.31. The van der Waals surface area contributed by atoms with Gasteiger partial charge in [0.1, 0.15) is 0 Å². The van der Waals surface area contributed by atoms with Gasteiger partial charge in [-0.05, 0) is 48.6 Å². The van der Waals surface area contributed by atoms with Crippen molar-refractivity contribution in [1.29, 1.82) is 0 Å². The first-order chi connectivity index (χ1) is 15.3. The Morgan fingerprint density at radius 3 is 2.12 bits per heavy atom. The predicted octanol–water partition coefficient (Wildman–Crippen LogP) is 6.74. The summed E-state index contributed by atoms with van der Waals surface area (Å²) in [6.07, 6.45) is -0.188. The molecule has 0 saturated heterocycles. The van der Waals surface area contributed by atoms with E-state index in [1.807, 2.05) is 30.3 Å². The van der Waals surface area contributed by atoms with Crippen molar-refractivity contribution in [2.24, 2.45) is 5.92 Å². The van der Waals surface area contributed by atoms with E-state index in [1.165, 1.54) is 11.6 Å². The molecule has 0 aromatic heterocycles. The summed E-state index contributed by atoms with van der Waals surface area (Å²) in [6.45, 7) is 6.12. The molecule has 0 aliphatic heterocycles. The first kappa shape index (κ1) is 23.6. The lowest BCUT2D eigenvalue weighted by Crippen LogP contribution is -2.21. The highest BCUT2D eigenvalue weighted by molar-refractivity contribution is 6.30. The summed E-state index contributed by atoms with van der Waals surface area (Å²) in [6, 6.07) is 23.3. The minimum atomic E-state index is -1.17. The van der Waals surface area contributed by atoms with Crippen molar-refractivity contribution in [3.8, 4) is 0 Å². The summed E-state index contributed by atoms with van der Waals surface area (Å²) < 4.78 is 11.2. The van der Waals surface area contributed by atoms with Gasteiger partial charge < -0.3 is 9.47 Å². The summed E-state index contributed by atoms with van der Waals surface area (Å²) in [5, 5.41) is 0.419. The van der Waals surface area contributed by atoms with E-state index >= 15 is 0 Å². The fourth-order valence-corrected chi connectivity index (χ4v) is 3.50. The second-order valence-corrected chi connectivity index (χ2v) is 8.59. The fraction of sp³-hybridized carbons (Fsp3) is 0.259. The maximum Gasteiger partial charge on any atom is 0.341 e. The lowest BCUT2D eigenvalue weighted by molar-refractivity contribution is -0.171. The molecule has 0 saturated carbocycles. The van der Waals surface area contributed by atoms with Crippen molar-refractivity contribution in [3.05, 3.63) is 106 Å². The zero-order valence-corrected chi connectivity index (χ0v) is 19.2. The average Bonchev–Trinajstić information content (AvgIpc) is 2.78. The van der Waals surface area contributed by atoms with E-state index in [9.17, 15) is 9.59 Å². The molecule has 0 amide bonds. The third-order valence-corrected chi connectivity index (χ3v) is 5.28. The molecule has 0 fully saturated rings. The minimum Gasteiger partial charge on any atom is -0.420 e. The number of carbonyl (C=O) groups excluding carboxylic acids is 2. The van der Waals surface area contributed by atoms with Gasteiger partial charge in [0, 0.05) is 10.6 Å². The largest absolute Gasteiger partial charge is 0.420 e. The summed E-state index contributed by atoms with van der Waals surface area (Å²) in [7, 11) is 0. The highest BCUT2D eigenvalue weighted by Crippen LogP contribution is 2.26. The van der Waals surface area contributed by atoms with Gasteiger partial charge in [0.2, 0.25) is 0 Å². The van der Waals surface area contributed by atoms with Crippen LogP contribution < -0.4 is 0 Å². The van der Waals surface area contributed by atoms with Gasteiger partial charge in [0.15, 0.2) is 0 Å². The maximum atomic E-state index is 12.9. The van der Waals surface area contributed by atoms with Crippen LogP contribution in [0.1, 0.15) is 60.0 Å². The topological polar surface area (TPSA) is 52.6 Å². The van der Waals surface area contributed by atoms with E-state index in [-0.39, 0.29) is 5.56 Å². The molecule has 0 aliphatic carbocycles. The Labute approximate surface area is 194 Å². The van der Waals surface area contributed by atoms with Crippen LogP contribution in [-0.2, 0) is 20.7 Å². The zero-order chi connectivity index (χ0) is 23.1. The van der Waals surface area contributed by atoms with E-state index in [0.29, 0.717) is 16.5 Å². The average molecular weight is 451 g/mol. The molecule has 4 nitrogen and oxygen atoms in total. The van der Waals surface area contributed by atoms with Gasteiger partial charge in [0.25, 0.3) is 6.29 Å². The number of esters is 2. The Morgan fingerprint density at radius 1 is 0.812 bits per heavy atom. The van der Waals surface area contributed by atoms with E-state index in [1.54, 1.807) is 49.4 Å². The SMILES string of the molecule is CC(C)Cc1ccc([C@H](C)C(=O)O[C@@H](OC(=O)c2cccc(Cl)c2)c2ccccc2)cc1. The molecule has 0 heterocycles. The summed E-state index contributed by atoms with van der Waals surface area (Å²) >= 11 is 5.98. The van der Waals surface area contributed by atoms with E-state index in [0.717, 1.165) is 12.0 Å². The van der Waals surface area contributed by atoms with Crippen LogP contribution in [-0.4, -0.2) is 11.9 Å². The van der Waals surface area contributed by atoms with Crippen LogP contribution in [0.5, 0.6) is 0 Å². The van der Waals surface area contributed by atoms with Crippen LogP contribution >= 0.6 is 11.6 Å². The lowest BCUT2D eigenvalue weighted by Gasteiger charge is -2.21. The Hall–Kier alpha value is -3.11. The molecule has 5 heteroatoms. The number of halogens is 1. The zero-order valence-electron chi connectivity index (χ0n) is 18.5. The Bertz CT molecular complexity index is 1040. The smallest absolute Gasteiger partial charge is 0.341 e. The van der Waals surface area contributed by atoms with Crippen molar-refractivity contribution >= 4 is 23.5 Å². The molecule has 2 atom stereocenters. The van der Waals surface area contributed by atoms with E-state index in [2.05, 4.69) is 13.8 Å². The van der Waals surface area contributed by atoms with Crippen molar-refractivity contribution in [3.63, 3.8) is 0 Å². The molecule has 3 rings (SSSR count). The third-order valence-electron chi connectivity index (χ3n) is 5.05. The van der Waals surface area contributed by atoms with Crippen molar-refractivity contribution in [2.75, 3.05) is 0 Å². The molecular formula is C27H27ClO4. The number of carbonyl (C=O) groups is 2. The molecule has 0 unspecified atom stereocenters. The Morgan fingerprint density at radius 2 is 1.50 bits per heavy atom. The van der Waals surface area contributed by atoms with Gasteiger partial charge in [-0.25, -0.2) is 4.79 Å². The van der Waals surface area contributed by atoms with E-state index in [4.69, 9.17) is 21.1 Å². The standard InChI is InChI=1S/C27H27ClO4/c1-18(2)16-20-12-14-21(15-13-20)19(3)25(29)31-27(22-8-5-4-6-9-22)32-26(30)23-10-7-11-24(28)17-23/h4-15,17-19,27H,16H2,1-3H3/t19-,27-/m0/s1. The van der Waals surface area contributed by atoms with Crippen LogP contribution in [0.3, 0.4) is 0 Å². The van der Waals surface area contributed by atoms with Crippen LogP contribution in [0.4, 0.5) is 0 Å². The monoisotopic (exact) mass is 450 g/mol. The number of ether oxygens (including phenoxy) is 2. The maximum absolute atomic E-state index is 12.9. The molecular weight excluding hydrogens is 424 g/mol. The van der Waals surface area contributed by atoms with Crippen LogP contribution in [0.2, 0.25) is 5.02 Å². The van der Waals surface area contributed by atoms with Crippen molar-refractivity contribution in [2.45, 2.75) is 39.4 Å². The molecule has 166 valence electrons. The molecule has 3 aromatic rings. The summed E-state index contributed by atoms with van der Waals surface area (Å²) in [5.41, 5.74) is 2.91. The molecule has 3 aromatic carbocycles. The minimum absolute atomic E-state index is 0.281. The Kier molecular flexibility index (Phi) is 8.07. The summed E-state index contributed by atoms with van der Waals surface area (Å²) in [4.78, 5) is 25.6. The molecule has 32 heavy (non-hydrogen) atoms. The predicted molar refractivity (Wildman–Crippen MR) is 126 cm³/mol. The van der Waals surface area contributed by atoms with Gasteiger partial charge in [0.05, 0.1) is 11.5 Å². The quantitative estimate of drug-likeness (QED) is 0.281. The van der Waals surface area contributed by atoms with Gasteiger partial charge in [-0.15, -0.1) is 0 Å². The highest BCUT2D eigenvalue weighted by Gasteiger charge is 2.26. The second kappa shape index (κ2) is 11.0. The van der Waals surface area contributed by atoms with Crippen LogP contribution in [0, 0.1) is 5.92 Å². The highest BCUT2D eigenvalue weighted by atomic mass is 35.5. The number of hydrogen-bond acceptors (Lipinski definition) is 4. The molecule has 0 aliphatic rings. The first-order valence-corrected chi connectivity index (χ1v) is 11.0. The van der Waals surface area contributed by atoms with Gasteiger partial charge in [-0.1, -0.05) is 86.1 Å². The molecule has 0 bridgehead atoms. The molecule has 0 spiro atoms. The third kappa shape index (κ3) is 6.44. The first-order valence-electron chi connectivity index (χ1n) is 10.6. The molecule has 0 radical (unpaired) electrons. The molecule has 0 N–H and O–H groups in total. The van der Waals surface area contributed by atoms with Gasteiger partial charge >= 0.3 is 11.9 Å². The summed E-state index contributed by atoms with van der Waals surface area (Å²) in [5.74, 6) is -1.06. The lowest BCUT2D eigenvalue weighted by atomic mass is 9.97. The van der Waals surface area contributed by atoms with E-state index < -0.39 is 24.1 Å². The second-order valence-electron chi connectivity index (χ2n) is 8.16. The number of hydrogen-bond donors (Lipinski definition) is 0. The number of rotatable bonds is 8. The van der Waals surface area contributed by atoms with Crippen LogP contribution in [0.25, 0.3) is 0 Å². The Balaban J connectivity index is 1.75. The van der Waals surface area contributed by atoms with Gasteiger partial charge in [-0.3, -0.25) is 4.79 Å². The van der Waals surface area contributed by atoms with Crippen LogP contribution in [0.15, 0.2) is 78.9 Å². The van der Waals surface area contributed by atoms with Crippen molar-refractivity contribution < 1.29 is 19.1 Å². The normalized spacial score (nSPS) is 12.8.